The van der Waals surface area contributed by atoms with E-state index in [1.807, 2.05) is 42.5 Å². The van der Waals surface area contributed by atoms with Crippen molar-refractivity contribution in [3.05, 3.63) is 90.6 Å². The second kappa shape index (κ2) is 8.13. The number of hydrogen-bond acceptors (Lipinski definition) is 6. The van der Waals surface area contributed by atoms with E-state index in [2.05, 4.69) is 20.5 Å². The number of benzene rings is 2. The fourth-order valence-corrected chi connectivity index (χ4v) is 2.54. The Bertz CT molecular complexity index is 1050. The lowest BCUT2D eigenvalue weighted by molar-refractivity contribution is 0.102. The number of pyridine rings is 1. The van der Waals surface area contributed by atoms with Gasteiger partial charge in [-0.15, -0.1) is 10.2 Å². The van der Waals surface area contributed by atoms with E-state index in [-0.39, 0.29) is 12.5 Å². The van der Waals surface area contributed by atoms with Crippen molar-refractivity contribution in [1.82, 2.24) is 15.2 Å². The first-order chi connectivity index (χ1) is 13.8. The summed E-state index contributed by atoms with van der Waals surface area (Å²) in [6.45, 7) is 0.272. The van der Waals surface area contributed by atoms with E-state index in [1.165, 1.54) is 6.39 Å². The normalized spacial score (nSPS) is 10.4. The Morgan fingerprint density at radius 2 is 1.93 bits per heavy atom. The van der Waals surface area contributed by atoms with Crippen LogP contribution in [0.3, 0.4) is 0 Å². The standard InChI is InChI=1S/C21H16N4O3/c26-20(24-17-6-2-1-3-7-17)15-5-4-8-19(11-15)27-13-18-10-9-16(12-22-18)21-25-23-14-28-21/h1-12,14H,13H2,(H,24,26). The fourth-order valence-electron chi connectivity index (χ4n) is 2.54. The van der Waals surface area contributed by atoms with Gasteiger partial charge >= 0.3 is 0 Å². The maximum Gasteiger partial charge on any atom is 0.255 e. The van der Waals surface area contributed by atoms with Gasteiger partial charge < -0.3 is 14.5 Å². The van der Waals surface area contributed by atoms with Crippen LogP contribution < -0.4 is 10.1 Å². The van der Waals surface area contributed by atoms with Crippen LogP contribution in [0, 0.1) is 0 Å². The molecule has 28 heavy (non-hydrogen) atoms. The summed E-state index contributed by atoms with van der Waals surface area (Å²) in [7, 11) is 0. The highest BCUT2D eigenvalue weighted by Gasteiger charge is 2.08. The average molecular weight is 372 g/mol. The van der Waals surface area contributed by atoms with Gasteiger partial charge in [0.05, 0.1) is 11.3 Å². The molecule has 0 aliphatic carbocycles. The molecule has 0 aliphatic rings. The summed E-state index contributed by atoms with van der Waals surface area (Å²) in [5.41, 5.74) is 2.73. The van der Waals surface area contributed by atoms with Gasteiger partial charge in [0.2, 0.25) is 12.3 Å². The summed E-state index contributed by atoms with van der Waals surface area (Å²) in [4.78, 5) is 16.7. The SMILES string of the molecule is O=C(Nc1ccccc1)c1cccc(OCc2ccc(-c3nnco3)cn2)c1. The Kier molecular flexibility index (Phi) is 5.06. The Labute approximate surface area is 161 Å². The van der Waals surface area contributed by atoms with Gasteiger partial charge in [0.15, 0.2) is 0 Å². The number of nitrogens with zero attached hydrogens (tertiary/aromatic N) is 3. The van der Waals surface area contributed by atoms with E-state index in [1.54, 1.807) is 30.5 Å². The topological polar surface area (TPSA) is 90.1 Å². The van der Waals surface area contributed by atoms with E-state index >= 15 is 0 Å². The average Bonchev–Trinajstić information content (AvgIpc) is 3.28. The van der Waals surface area contributed by atoms with Gasteiger partial charge in [-0.2, -0.15) is 0 Å². The van der Waals surface area contributed by atoms with Crippen LogP contribution in [0.1, 0.15) is 16.1 Å². The van der Waals surface area contributed by atoms with Crippen molar-refractivity contribution < 1.29 is 13.9 Å². The molecule has 0 fully saturated rings. The highest BCUT2D eigenvalue weighted by atomic mass is 16.5. The van der Waals surface area contributed by atoms with Crippen LogP contribution in [0.2, 0.25) is 0 Å². The zero-order chi connectivity index (χ0) is 19.2. The lowest BCUT2D eigenvalue weighted by atomic mass is 10.2. The first kappa shape index (κ1) is 17.4. The van der Waals surface area contributed by atoms with Crippen LogP contribution in [0.15, 0.2) is 83.7 Å². The molecule has 0 atom stereocenters. The number of carbonyl (C=O) groups is 1. The van der Waals surface area contributed by atoms with Gasteiger partial charge in [0.25, 0.3) is 5.91 Å². The molecule has 1 amide bonds. The van der Waals surface area contributed by atoms with Crippen LogP contribution in [0.4, 0.5) is 5.69 Å². The van der Waals surface area contributed by atoms with Gasteiger partial charge in [0.1, 0.15) is 12.4 Å². The van der Waals surface area contributed by atoms with Crippen LogP contribution in [0.25, 0.3) is 11.5 Å². The monoisotopic (exact) mass is 372 g/mol. The molecule has 7 nitrogen and oxygen atoms in total. The molecular weight excluding hydrogens is 356 g/mol. The molecule has 2 aromatic carbocycles. The summed E-state index contributed by atoms with van der Waals surface area (Å²) in [6.07, 6.45) is 2.92. The molecule has 4 aromatic rings. The predicted molar refractivity (Wildman–Crippen MR) is 103 cm³/mol. The lowest BCUT2D eigenvalue weighted by Crippen LogP contribution is -2.11. The van der Waals surface area contributed by atoms with Crippen molar-refractivity contribution >= 4 is 11.6 Å². The van der Waals surface area contributed by atoms with E-state index in [0.29, 0.717) is 17.2 Å². The summed E-state index contributed by atoms with van der Waals surface area (Å²) in [5.74, 6) is 0.805. The number of hydrogen-bond donors (Lipinski definition) is 1. The number of carbonyl (C=O) groups excluding carboxylic acids is 1. The maximum atomic E-state index is 12.4. The van der Waals surface area contributed by atoms with Gasteiger partial charge in [-0.25, -0.2) is 0 Å². The molecule has 7 heteroatoms. The zero-order valence-electron chi connectivity index (χ0n) is 14.8. The Balaban J connectivity index is 1.39. The van der Waals surface area contributed by atoms with Crippen molar-refractivity contribution in [2.45, 2.75) is 6.61 Å². The molecule has 0 saturated carbocycles. The molecule has 0 aliphatic heterocycles. The van der Waals surface area contributed by atoms with E-state index in [4.69, 9.17) is 9.15 Å². The molecule has 0 bridgehead atoms. The third-order valence-electron chi connectivity index (χ3n) is 3.95. The number of ether oxygens (including phenoxy) is 1. The number of nitrogens with one attached hydrogen (secondary N) is 1. The summed E-state index contributed by atoms with van der Waals surface area (Å²) < 4.78 is 10.9. The van der Waals surface area contributed by atoms with E-state index < -0.39 is 0 Å². The summed E-state index contributed by atoms with van der Waals surface area (Å²) >= 11 is 0. The fraction of sp³-hybridized carbons (Fsp3) is 0.0476. The molecule has 2 aromatic heterocycles. The van der Waals surface area contributed by atoms with Crippen molar-refractivity contribution in [3.8, 4) is 17.2 Å². The molecule has 1 N–H and O–H groups in total. The molecule has 0 spiro atoms. The minimum absolute atomic E-state index is 0.196. The highest BCUT2D eigenvalue weighted by molar-refractivity contribution is 6.04. The van der Waals surface area contributed by atoms with Gasteiger partial charge in [-0.1, -0.05) is 24.3 Å². The second-order valence-corrected chi connectivity index (χ2v) is 5.92. The number of para-hydroxylation sites is 1. The molecule has 0 radical (unpaired) electrons. The Morgan fingerprint density at radius 1 is 1.04 bits per heavy atom. The highest BCUT2D eigenvalue weighted by Crippen LogP contribution is 2.18. The zero-order valence-corrected chi connectivity index (χ0v) is 14.8. The minimum Gasteiger partial charge on any atom is -0.487 e. The first-order valence-electron chi connectivity index (χ1n) is 8.59. The summed E-state index contributed by atoms with van der Waals surface area (Å²) in [6, 6.07) is 20.0. The number of aromatic nitrogens is 3. The first-order valence-corrected chi connectivity index (χ1v) is 8.59. The summed E-state index contributed by atoms with van der Waals surface area (Å²) in [5, 5.41) is 10.3. The number of anilines is 1. The smallest absolute Gasteiger partial charge is 0.255 e. The van der Waals surface area contributed by atoms with Crippen LogP contribution in [0.5, 0.6) is 5.75 Å². The molecular formula is C21H16N4O3. The lowest BCUT2D eigenvalue weighted by Gasteiger charge is -2.09. The van der Waals surface area contributed by atoms with E-state index in [9.17, 15) is 4.79 Å². The quantitative estimate of drug-likeness (QED) is 0.551. The number of amides is 1. The van der Waals surface area contributed by atoms with Crippen LogP contribution >= 0.6 is 0 Å². The maximum absolute atomic E-state index is 12.4. The molecule has 2 heterocycles. The van der Waals surface area contributed by atoms with Crippen LogP contribution in [-0.2, 0) is 6.61 Å². The Morgan fingerprint density at radius 3 is 2.68 bits per heavy atom. The van der Waals surface area contributed by atoms with Crippen LogP contribution in [-0.4, -0.2) is 21.1 Å². The predicted octanol–water partition coefficient (Wildman–Crippen LogP) is 3.96. The Hall–Kier alpha value is -4.00. The third kappa shape index (κ3) is 4.21. The van der Waals surface area contributed by atoms with Crippen molar-refractivity contribution in [1.29, 1.82) is 0 Å². The van der Waals surface area contributed by atoms with E-state index in [0.717, 1.165) is 16.9 Å². The van der Waals surface area contributed by atoms with Crippen molar-refractivity contribution in [2.24, 2.45) is 0 Å². The van der Waals surface area contributed by atoms with Gasteiger partial charge in [0, 0.05) is 17.4 Å². The van der Waals surface area contributed by atoms with Gasteiger partial charge in [-0.05, 0) is 42.5 Å². The molecule has 4 rings (SSSR count). The van der Waals surface area contributed by atoms with Gasteiger partial charge in [-0.3, -0.25) is 9.78 Å². The molecule has 0 saturated heterocycles. The number of rotatable bonds is 6. The third-order valence-corrected chi connectivity index (χ3v) is 3.95. The minimum atomic E-state index is -0.196. The van der Waals surface area contributed by atoms with Crippen molar-refractivity contribution in [2.75, 3.05) is 5.32 Å². The largest absolute Gasteiger partial charge is 0.487 e. The second-order valence-electron chi connectivity index (χ2n) is 5.92. The molecule has 0 unspecified atom stereocenters. The van der Waals surface area contributed by atoms with Crippen molar-refractivity contribution in [3.63, 3.8) is 0 Å². The molecule has 138 valence electrons.